The van der Waals surface area contributed by atoms with Gasteiger partial charge < -0.3 is 5.32 Å². The highest BCUT2D eigenvalue weighted by Gasteiger charge is 2.06. The first kappa shape index (κ1) is 13.5. The first-order valence-electron chi connectivity index (χ1n) is 6.45. The van der Waals surface area contributed by atoms with Crippen molar-refractivity contribution in [3.8, 4) is 11.3 Å². The number of aryl methyl sites for hydroxylation is 2. The predicted molar refractivity (Wildman–Crippen MR) is 75.7 cm³/mol. The van der Waals surface area contributed by atoms with E-state index in [1.165, 1.54) is 12.1 Å². The highest BCUT2D eigenvalue weighted by Crippen LogP contribution is 2.21. The number of nitrogens with zero attached hydrogens (tertiary/aromatic N) is 2. The van der Waals surface area contributed by atoms with Crippen LogP contribution in [-0.2, 0) is 0 Å². The van der Waals surface area contributed by atoms with Crippen molar-refractivity contribution in [2.45, 2.75) is 27.2 Å². The molecular weight excluding hydrogens is 241 g/mol. The molecule has 0 saturated heterocycles. The summed E-state index contributed by atoms with van der Waals surface area (Å²) >= 11 is 0. The van der Waals surface area contributed by atoms with E-state index in [1.807, 2.05) is 26.0 Å². The van der Waals surface area contributed by atoms with Gasteiger partial charge in [0.2, 0.25) is 5.95 Å². The number of aromatic nitrogens is 2. The quantitative estimate of drug-likeness (QED) is 0.909. The minimum absolute atomic E-state index is 0.241. The van der Waals surface area contributed by atoms with E-state index in [0.717, 1.165) is 35.5 Å². The van der Waals surface area contributed by atoms with Crippen molar-refractivity contribution < 1.29 is 4.39 Å². The Morgan fingerprint density at radius 3 is 2.58 bits per heavy atom. The van der Waals surface area contributed by atoms with Gasteiger partial charge in [-0.3, -0.25) is 0 Å². The van der Waals surface area contributed by atoms with E-state index in [1.54, 1.807) is 0 Å². The molecule has 0 aliphatic heterocycles. The molecule has 2 rings (SSSR count). The number of halogens is 1. The number of benzene rings is 1. The van der Waals surface area contributed by atoms with Crippen molar-refractivity contribution in [3.63, 3.8) is 0 Å². The van der Waals surface area contributed by atoms with E-state index in [2.05, 4.69) is 22.2 Å². The van der Waals surface area contributed by atoms with Crippen LogP contribution in [0.5, 0.6) is 0 Å². The van der Waals surface area contributed by atoms with Crippen LogP contribution < -0.4 is 5.32 Å². The lowest BCUT2D eigenvalue weighted by atomic mass is 10.1. The molecule has 1 aromatic carbocycles. The number of hydrogen-bond donors (Lipinski definition) is 1. The van der Waals surface area contributed by atoms with E-state index in [0.29, 0.717) is 5.95 Å². The van der Waals surface area contributed by atoms with Crippen molar-refractivity contribution in [1.29, 1.82) is 0 Å². The van der Waals surface area contributed by atoms with Crippen LogP contribution in [0, 0.1) is 19.7 Å². The maximum Gasteiger partial charge on any atom is 0.223 e. The number of nitrogens with one attached hydrogen (secondary N) is 1. The number of anilines is 1. The van der Waals surface area contributed by atoms with Crippen molar-refractivity contribution in [1.82, 2.24) is 9.97 Å². The fourth-order valence-electron chi connectivity index (χ4n) is 1.92. The van der Waals surface area contributed by atoms with E-state index in [9.17, 15) is 4.39 Å². The molecule has 1 aromatic heterocycles. The summed E-state index contributed by atoms with van der Waals surface area (Å²) in [6, 6.07) is 6.80. The molecule has 0 atom stereocenters. The average molecular weight is 259 g/mol. The molecule has 0 spiro atoms. The summed E-state index contributed by atoms with van der Waals surface area (Å²) < 4.78 is 13.5. The third-order valence-electron chi connectivity index (χ3n) is 2.73. The Hall–Kier alpha value is -1.97. The molecule has 100 valence electrons. The lowest BCUT2D eigenvalue weighted by Crippen LogP contribution is -2.05. The van der Waals surface area contributed by atoms with Gasteiger partial charge in [-0.25, -0.2) is 14.4 Å². The summed E-state index contributed by atoms with van der Waals surface area (Å²) in [4.78, 5) is 8.76. The van der Waals surface area contributed by atoms with Crippen LogP contribution in [0.1, 0.15) is 24.6 Å². The van der Waals surface area contributed by atoms with E-state index < -0.39 is 0 Å². The van der Waals surface area contributed by atoms with Gasteiger partial charge in [-0.05, 0) is 50.1 Å². The summed E-state index contributed by atoms with van der Waals surface area (Å²) in [5.74, 6) is 0.355. The van der Waals surface area contributed by atoms with Gasteiger partial charge in [0.15, 0.2) is 0 Å². The molecule has 1 heterocycles. The Balaban J connectivity index is 2.40. The minimum atomic E-state index is -0.241. The van der Waals surface area contributed by atoms with Crippen LogP contribution in [0.2, 0.25) is 0 Å². The van der Waals surface area contributed by atoms with E-state index in [-0.39, 0.29) is 5.82 Å². The predicted octanol–water partition coefficient (Wildman–Crippen LogP) is 3.72. The molecule has 0 aliphatic rings. The van der Waals surface area contributed by atoms with Gasteiger partial charge in [0, 0.05) is 17.8 Å². The van der Waals surface area contributed by atoms with Crippen LogP contribution in [-0.4, -0.2) is 16.5 Å². The third kappa shape index (κ3) is 3.50. The molecule has 0 radical (unpaired) electrons. The summed E-state index contributed by atoms with van der Waals surface area (Å²) in [5.41, 5.74) is 3.27. The fraction of sp³-hybridized carbons (Fsp3) is 0.333. The molecule has 2 aromatic rings. The fourth-order valence-corrected chi connectivity index (χ4v) is 1.92. The van der Waals surface area contributed by atoms with Gasteiger partial charge in [-0.15, -0.1) is 0 Å². The molecular formula is C15H18FN3. The molecule has 1 N–H and O–H groups in total. The molecule has 0 amide bonds. The van der Waals surface area contributed by atoms with Gasteiger partial charge in [0.1, 0.15) is 5.82 Å². The Morgan fingerprint density at radius 2 is 1.89 bits per heavy atom. The molecule has 0 bridgehead atoms. The molecule has 0 aliphatic carbocycles. The van der Waals surface area contributed by atoms with Crippen LogP contribution in [0.3, 0.4) is 0 Å². The highest BCUT2D eigenvalue weighted by atomic mass is 19.1. The lowest BCUT2D eigenvalue weighted by Gasteiger charge is -2.08. The van der Waals surface area contributed by atoms with Gasteiger partial charge in [-0.1, -0.05) is 6.92 Å². The smallest absolute Gasteiger partial charge is 0.223 e. The van der Waals surface area contributed by atoms with Crippen LogP contribution >= 0.6 is 0 Å². The zero-order valence-corrected chi connectivity index (χ0v) is 11.5. The van der Waals surface area contributed by atoms with Crippen molar-refractivity contribution in [2.24, 2.45) is 0 Å². The largest absolute Gasteiger partial charge is 0.354 e. The topological polar surface area (TPSA) is 37.8 Å². The monoisotopic (exact) mass is 259 g/mol. The van der Waals surface area contributed by atoms with Crippen molar-refractivity contribution >= 4 is 5.95 Å². The maximum atomic E-state index is 13.5. The van der Waals surface area contributed by atoms with E-state index >= 15 is 0 Å². The second-order valence-corrected chi connectivity index (χ2v) is 4.66. The molecule has 4 heteroatoms. The third-order valence-corrected chi connectivity index (χ3v) is 2.73. The number of rotatable bonds is 4. The molecule has 0 saturated carbocycles. The second kappa shape index (κ2) is 5.78. The zero-order chi connectivity index (χ0) is 13.8. The van der Waals surface area contributed by atoms with Crippen molar-refractivity contribution in [2.75, 3.05) is 11.9 Å². The Morgan fingerprint density at radius 1 is 1.11 bits per heavy atom. The maximum absolute atomic E-state index is 13.5. The summed E-state index contributed by atoms with van der Waals surface area (Å²) in [6.45, 7) is 6.69. The summed E-state index contributed by atoms with van der Waals surface area (Å²) in [6.07, 6.45) is 1.01. The highest BCUT2D eigenvalue weighted by molar-refractivity contribution is 5.61. The standard InChI is InChI=1S/C15H18FN3/c1-4-5-17-15-18-11(3)8-14(19-15)12-6-10(2)7-13(16)9-12/h6-9H,4-5H2,1-3H3,(H,17,18,19). The summed E-state index contributed by atoms with van der Waals surface area (Å²) in [7, 11) is 0. The van der Waals surface area contributed by atoms with Crippen molar-refractivity contribution in [3.05, 3.63) is 41.3 Å². The van der Waals surface area contributed by atoms with Gasteiger partial charge >= 0.3 is 0 Å². The average Bonchev–Trinajstić information content (AvgIpc) is 2.34. The minimum Gasteiger partial charge on any atom is -0.354 e. The van der Waals surface area contributed by atoms with Crippen LogP contribution in [0.25, 0.3) is 11.3 Å². The molecule has 0 unspecified atom stereocenters. The molecule has 3 nitrogen and oxygen atoms in total. The van der Waals surface area contributed by atoms with Gasteiger partial charge in [-0.2, -0.15) is 0 Å². The molecule has 19 heavy (non-hydrogen) atoms. The van der Waals surface area contributed by atoms with Gasteiger partial charge in [0.25, 0.3) is 0 Å². The number of hydrogen-bond acceptors (Lipinski definition) is 3. The van der Waals surface area contributed by atoms with Crippen LogP contribution in [0.4, 0.5) is 10.3 Å². The summed E-state index contributed by atoms with van der Waals surface area (Å²) in [5, 5.41) is 3.16. The van der Waals surface area contributed by atoms with Crippen LogP contribution in [0.15, 0.2) is 24.3 Å². The first-order chi connectivity index (χ1) is 9.08. The SMILES string of the molecule is CCCNc1nc(C)cc(-c2cc(C)cc(F)c2)n1. The Bertz CT molecular complexity index is 561. The Kier molecular flexibility index (Phi) is 4.10. The lowest BCUT2D eigenvalue weighted by molar-refractivity contribution is 0.627. The second-order valence-electron chi connectivity index (χ2n) is 4.66. The first-order valence-corrected chi connectivity index (χ1v) is 6.45. The Labute approximate surface area is 112 Å². The zero-order valence-electron chi connectivity index (χ0n) is 11.5. The van der Waals surface area contributed by atoms with E-state index in [4.69, 9.17) is 0 Å². The molecule has 0 fully saturated rings. The normalized spacial score (nSPS) is 10.5. The van der Waals surface area contributed by atoms with Gasteiger partial charge in [0.05, 0.1) is 5.69 Å².